The van der Waals surface area contributed by atoms with Gasteiger partial charge in [-0.3, -0.25) is 4.79 Å². The van der Waals surface area contributed by atoms with Crippen LogP contribution in [0.5, 0.6) is 0 Å². The van der Waals surface area contributed by atoms with E-state index in [4.69, 9.17) is 4.74 Å². The van der Waals surface area contributed by atoms with Crippen molar-refractivity contribution in [1.82, 2.24) is 20.2 Å². The van der Waals surface area contributed by atoms with E-state index < -0.39 is 0 Å². The average molecular weight is 290 g/mol. The van der Waals surface area contributed by atoms with Gasteiger partial charge in [-0.15, -0.1) is 5.10 Å². The molecule has 0 aliphatic carbocycles. The summed E-state index contributed by atoms with van der Waals surface area (Å²) in [5.41, 5.74) is 3.19. The van der Waals surface area contributed by atoms with Crippen LogP contribution in [0.15, 0.2) is 23.4 Å². The van der Waals surface area contributed by atoms with Crippen LogP contribution >= 0.6 is 11.8 Å². The Balaban J connectivity index is 1.91. The van der Waals surface area contributed by atoms with Gasteiger partial charge >= 0.3 is 5.97 Å². The highest BCUT2D eigenvalue weighted by atomic mass is 32.2. The number of aromatic nitrogens is 4. The Labute approximate surface area is 120 Å². The van der Waals surface area contributed by atoms with Gasteiger partial charge in [0.15, 0.2) is 0 Å². The first-order chi connectivity index (χ1) is 9.63. The van der Waals surface area contributed by atoms with Crippen LogP contribution in [0, 0.1) is 13.8 Å². The molecular weight excluding hydrogens is 276 g/mol. The fourth-order valence-electron chi connectivity index (χ4n) is 2.20. The molecule has 0 saturated carbocycles. The summed E-state index contributed by atoms with van der Waals surface area (Å²) in [6.45, 7) is 4.53. The number of ether oxygens (including phenoxy) is 1. The Bertz CT molecular complexity index is 635. The summed E-state index contributed by atoms with van der Waals surface area (Å²) in [4.78, 5) is 11.5. The third-order valence-corrected chi connectivity index (χ3v) is 4.20. The molecule has 0 radical (unpaired) electrons. The zero-order valence-electron chi connectivity index (χ0n) is 11.2. The van der Waals surface area contributed by atoms with Gasteiger partial charge in [-0.05, 0) is 47.5 Å². The lowest BCUT2D eigenvalue weighted by Crippen LogP contribution is -2.11. The Hall–Kier alpha value is -1.89. The number of esters is 1. The number of hydrogen-bond donors (Lipinski definition) is 0. The summed E-state index contributed by atoms with van der Waals surface area (Å²) in [5, 5.41) is 12.1. The van der Waals surface area contributed by atoms with E-state index in [2.05, 4.69) is 21.6 Å². The molecule has 0 unspecified atom stereocenters. The second-order valence-electron chi connectivity index (χ2n) is 4.78. The van der Waals surface area contributed by atoms with Crippen molar-refractivity contribution in [2.24, 2.45) is 0 Å². The maximum Gasteiger partial charge on any atom is 0.319 e. The summed E-state index contributed by atoms with van der Waals surface area (Å²) < 4.78 is 6.62. The van der Waals surface area contributed by atoms with Crippen molar-refractivity contribution < 1.29 is 9.53 Å². The molecule has 1 aliphatic heterocycles. The first-order valence-electron chi connectivity index (χ1n) is 6.34. The monoisotopic (exact) mass is 290 g/mol. The van der Waals surface area contributed by atoms with Gasteiger partial charge in [-0.2, -0.15) is 4.68 Å². The highest BCUT2D eigenvalue weighted by Crippen LogP contribution is 2.29. The molecule has 0 spiro atoms. The van der Waals surface area contributed by atoms with Gasteiger partial charge < -0.3 is 4.74 Å². The lowest BCUT2D eigenvalue weighted by Gasteiger charge is -2.08. The number of nitrogens with zero attached hydrogens (tertiary/aromatic N) is 4. The second kappa shape index (κ2) is 5.24. The molecule has 1 saturated heterocycles. The normalized spacial score (nSPS) is 18.3. The van der Waals surface area contributed by atoms with E-state index in [-0.39, 0.29) is 11.2 Å². The van der Waals surface area contributed by atoms with Gasteiger partial charge in [0.05, 0.1) is 12.3 Å². The molecule has 104 valence electrons. The van der Waals surface area contributed by atoms with Crippen molar-refractivity contribution in [2.75, 3.05) is 6.61 Å². The van der Waals surface area contributed by atoms with Gasteiger partial charge in [0.1, 0.15) is 5.25 Å². The summed E-state index contributed by atoms with van der Waals surface area (Å²) in [5.74, 6) is -0.190. The van der Waals surface area contributed by atoms with E-state index in [0.717, 1.165) is 16.8 Å². The smallest absolute Gasteiger partial charge is 0.319 e. The van der Waals surface area contributed by atoms with Crippen molar-refractivity contribution >= 4 is 17.7 Å². The maximum atomic E-state index is 11.5. The van der Waals surface area contributed by atoms with Crippen molar-refractivity contribution in [1.29, 1.82) is 0 Å². The number of carbonyl (C=O) groups is 1. The summed E-state index contributed by atoms with van der Waals surface area (Å²) in [7, 11) is 0. The Kier molecular flexibility index (Phi) is 3.43. The van der Waals surface area contributed by atoms with Crippen LogP contribution in [0.1, 0.15) is 17.5 Å². The number of benzene rings is 1. The molecule has 20 heavy (non-hydrogen) atoms. The number of cyclic esters (lactones) is 1. The molecule has 7 heteroatoms. The molecule has 1 aromatic heterocycles. The third kappa shape index (κ3) is 2.53. The van der Waals surface area contributed by atoms with Gasteiger partial charge in [-0.25, -0.2) is 0 Å². The summed E-state index contributed by atoms with van der Waals surface area (Å²) in [6, 6.07) is 6.12. The molecule has 6 nitrogen and oxygen atoms in total. The number of thioether (sulfide) groups is 1. The zero-order valence-corrected chi connectivity index (χ0v) is 12.1. The van der Waals surface area contributed by atoms with Crippen LogP contribution < -0.4 is 0 Å². The van der Waals surface area contributed by atoms with Crippen molar-refractivity contribution in [3.8, 4) is 5.69 Å². The molecule has 1 aliphatic rings. The maximum absolute atomic E-state index is 11.5. The van der Waals surface area contributed by atoms with Crippen LogP contribution in [0.2, 0.25) is 0 Å². The molecule has 3 rings (SSSR count). The third-order valence-electron chi connectivity index (χ3n) is 3.03. The minimum atomic E-state index is -0.217. The highest BCUT2D eigenvalue weighted by molar-refractivity contribution is 8.00. The standard InChI is InChI=1S/C13H14N4O2S/c1-8-5-9(2)7-10(6-8)17-13(14-15-16-17)20-11-3-4-19-12(11)18/h5-7,11H,3-4H2,1-2H3/t11-/m1/s1. The average Bonchev–Trinajstić information content (AvgIpc) is 2.99. The SMILES string of the molecule is Cc1cc(C)cc(-n2nnnc2S[C@@H]2CCOC2=O)c1. The van der Waals surface area contributed by atoms with Gasteiger partial charge in [0.2, 0.25) is 5.16 Å². The molecule has 0 bridgehead atoms. The molecule has 0 N–H and O–H groups in total. The molecule has 1 fully saturated rings. The Morgan fingerprint density at radius 1 is 1.30 bits per heavy atom. The van der Waals surface area contributed by atoms with Crippen LogP contribution in [-0.4, -0.2) is 38.0 Å². The molecular formula is C13H14N4O2S. The number of hydrogen-bond acceptors (Lipinski definition) is 6. The predicted molar refractivity (Wildman–Crippen MR) is 73.8 cm³/mol. The Morgan fingerprint density at radius 2 is 2.05 bits per heavy atom. The topological polar surface area (TPSA) is 69.9 Å². The van der Waals surface area contributed by atoms with Crippen LogP contribution in [-0.2, 0) is 9.53 Å². The number of carbonyl (C=O) groups excluding carboxylic acids is 1. The quantitative estimate of drug-likeness (QED) is 0.801. The lowest BCUT2D eigenvalue weighted by atomic mass is 10.1. The summed E-state index contributed by atoms with van der Waals surface area (Å²) >= 11 is 1.35. The van der Waals surface area contributed by atoms with Gasteiger partial charge in [-0.1, -0.05) is 17.8 Å². The van der Waals surface area contributed by atoms with E-state index in [0.29, 0.717) is 18.2 Å². The lowest BCUT2D eigenvalue weighted by molar-refractivity contribution is -0.137. The highest BCUT2D eigenvalue weighted by Gasteiger charge is 2.29. The van der Waals surface area contributed by atoms with E-state index >= 15 is 0 Å². The number of rotatable bonds is 3. The van der Waals surface area contributed by atoms with Crippen molar-refractivity contribution in [3.63, 3.8) is 0 Å². The van der Waals surface area contributed by atoms with Crippen LogP contribution in [0.3, 0.4) is 0 Å². The fraction of sp³-hybridized carbons (Fsp3) is 0.385. The first kappa shape index (κ1) is 13.1. The van der Waals surface area contributed by atoms with E-state index in [9.17, 15) is 4.79 Å². The molecule has 2 aromatic rings. The largest absolute Gasteiger partial charge is 0.465 e. The van der Waals surface area contributed by atoms with Crippen molar-refractivity contribution in [3.05, 3.63) is 29.3 Å². The van der Waals surface area contributed by atoms with E-state index in [1.165, 1.54) is 11.8 Å². The second-order valence-corrected chi connectivity index (χ2v) is 5.95. The minimum Gasteiger partial charge on any atom is -0.465 e. The predicted octanol–water partition coefficient (Wildman–Crippen LogP) is 1.69. The number of tetrazole rings is 1. The first-order valence-corrected chi connectivity index (χ1v) is 7.22. The molecule has 1 atom stereocenters. The zero-order chi connectivity index (χ0) is 14.1. The van der Waals surface area contributed by atoms with E-state index in [1.54, 1.807) is 4.68 Å². The van der Waals surface area contributed by atoms with Gasteiger partial charge in [0.25, 0.3) is 0 Å². The molecule has 2 heterocycles. The summed E-state index contributed by atoms with van der Waals surface area (Å²) in [6.07, 6.45) is 0.698. The molecule has 1 aromatic carbocycles. The van der Waals surface area contributed by atoms with E-state index in [1.807, 2.05) is 26.0 Å². The van der Waals surface area contributed by atoms with Crippen molar-refractivity contribution in [2.45, 2.75) is 30.7 Å². The number of aryl methyl sites for hydroxylation is 2. The van der Waals surface area contributed by atoms with Crippen LogP contribution in [0.4, 0.5) is 0 Å². The Morgan fingerprint density at radius 3 is 2.70 bits per heavy atom. The molecule has 0 amide bonds. The minimum absolute atomic E-state index is 0.190. The van der Waals surface area contributed by atoms with Gasteiger partial charge in [0, 0.05) is 6.42 Å². The van der Waals surface area contributed by atoms with Crippen LogP contribution in [0.25, 0.3) is 5.69 Å². The fourth-order valence-corrected chi connectivity index (χ4v) is 3.16.